The molecule has 0 saturated heterocycles. The summed E-state index contributed by atoms with van der Waals surface area (Å²) in [5, 5.41) is 10.4. The Kier molecular flexibility index (Phi) is 5.03. The lowest BCUT2D eigenvalue weighted by Crippen LogP contribution is -2.44. The SMILES string of the molecule is Cc1ccc(CNC2CCc3onc(CNC(=O)C4CC(F)(F)C4)c3C2)s1. The fraction of sp³-hybridized carbons (Fsp3) is 0.579. The first-order chi connectivity index (χ1) is 12.9. The molecule has 2 aromatic heterocycles. The summed E-state index contributed by atoms with van der Waals surface area (Å²) in [7, 11) is 0. The van der Waals surface area contributed by atoms with Gasteiger partial charge in [0.1, 0.15) is 11.5 Å². The molecule has 2 aromatic rings. The number of hydrogen-bond acceptors (Lipinski definition) is 5. The Labute approximate surface area is 160 Å². The van der Waals surface area contributed by atoms with Crippen molar-refractivity contribution in [2.75, 3.05) is 0 Å². The van der Waals surface area contributed by atoms with Crippen LogP contribution < -0.4 is 10.6 Å². The third kappa shape index (κ3) is 4.21. The second-order valence-corrected chi connectivity index (χ2v) is 8.92. The van der Waals surface area contributed by atoms with Gasteiger partial charge in [-0.1, -0.05) is 5.16 Å². The highest BCUT2D eigenvalue weighted by Crippen LogP contribution is 2.42. The van der Waals surface area contributed by atoms with Crippen LogP contribution in [0.4, 0.5) is 8.78 Å². The van der Waals surface area contributed by atoms with Crippen molar-refractivity contribution in [2.45, 2.75) is 64.1 Å². The van der Waals surface area contributed by atoms with E-state index in [4.69, 9.17) is 4.52 Å². The first-order valence-corrected chi connectivity index (χ1v) is 10.1. The number of carbonyl (C=O) groups excluding carboxylic acids is 1. The van der Waals surface area contributed by atoms with Crippen molar-refractivity contribution in [3.8, 4) is 0 Å². The fourth-order valence-electron chi connectivity index (χ4n) is 3.76. The topological polar surface area (TPSA) is 67.2 Å². The average Bonchev–Trinajstić information content (AvgIpc) is 3.21. The van der Waals surface area contributed by atoms with Crippen LogP contribution in [0.5, 0.6) is 0 Å². The van der Waals surface area contributed by atoms with Crippen LogP contribution in [-0.2, 0) is 30.7 Å². The van der Waals surface area contributed by atoms with Gasteiger partial charge in [-0.15, -0.1) is 11.3 Å². The van der Waals surface area contributed by atoms with Crippen LogP contribution in [0.2, 0.25) is 0 Å². The van der Waals surface area contributed by atoms with Crippen LogP contribution in [0.1, 0.15) is 46.0 Å². The predicted molar refractivity (Wildman–Crippen MR) is 97.7 cm³/mol. The van der Waals surface area contributed by atoms with E-state index in [1.807, 2.05) is 0 Å². The Morgan fingerprint density at radius 3 is 2.89 bits per heavy atom. The number of halogens is 2. The number of aromatic nitrogens is 1. The van der Waals surface area contributed by atoms with Gasteiger partial charge in [0.15, 0.2) is 0 Å². The highest BCUT2D eigenvalue weighted by atomic mass is 32.1. The van der Waals surface area contributed by atoms with Gasteiger partial charge in [0.2, 0.25) is 11.8 Å². The molecule has 0 aliphatic heterocycles. The van der Waals surface area contributed by atoms with Crippen LogP contribution in [0.3, 0.4) is 0 Å². The van der Waals surface area contributed by atoms with Gasteiger partial charge >= 0.3 is 0 Å². The summed E-state index contributed by atoms with van der Waals surface area (Å²) in [6.07, 6.45) is 1.88. The molecule has 1 saturated carbocycles. The minimum atomic E-state index is -2.69. The van der Waals surface area contributed by atoms with E-state index in [0.29, 0.717) is 11.7 Å². The van der Waals surface area contributed by atoms with Gasteiger partial charge in [0, 0.05) is 53.1 Å². The van der Waals surface area contributed by atoms with E-state index in [9.17, 15) is 13.6 Å². The summed E-state index contributed by atoms with van der Waals surface area (Å²) in [6.45, 7) is 3.17. The zero-order valence-corrected chi connectivity index (χ0v) is 16.0. The van der Waals surface area contributed by atoms with Crippen molar-refractivity contribution < 1.29 is 18.1 Å². The number of thiophene rings is 1. The van der Waals surface area contributed by atoms with Crippen LogP contribution >= 0.6 is 11.3 Å². The molecular formula is C19H23F2N3O2S. The van der Waals surface area contributed by atoms with Gasteiger partial charge in [-0.2, -0.15) is 0 Å². The van der Waals surface area contributed by atoms with E-state index in [2.05, 4.69) is 34.8 Å². The molecule has 0 aromatic carbocycles. The highest BCUT2D eigenvalue weighted by molar-refractivity contribution is 7.11. The number of aryl methyl sites for hydroxylation is 2. The molecule has 2 heterocycles. The Balaban J connectivity index is 1.30. The van der Waals surface area contributed by atoms with Crippen molar-refractivity contribution in [1.82, 2.24) is 15.8 Å². The molecule has 27 heavy (non-hydrogen) atoms. The van der Waals surface area contributed by atoms with Crippen LogP contribution in [0, 0.1) is 12.8 Å². The highest BCUT2D eigenvalue weighted by Gasteiger charge is 2.48. The van der Waals surface area contributed by atoms with Crippen molar-refractivity contribution in [1.29, 1.82) is 0 Å². The first-order valence-electron chi connectivity index (χ1n) is 9.30. The van der Waals surface area contributed by atoms with Gasteiger partial charge in [-0.05, 0) is 31.9 Å². The Bertz CT molecular complexity index is 825. The molecule has 146 valence electrons. The molecular weight excluding hydrogens is 372 g/mol. The second-order valence-electron chi connectivity index (χ2n) is 7.54. The number of nitrogens with zero attached hydrogens (tertiary/aromatic N) is 1. The van der Waals surface area contributed by atoms with Crippen LogP contribution in [-0.4, -0.2) is 23.0 Å². The number of hydrogen-bond donors (Lipinski definition) is 2. The molecule has 0 radical (unpaired) electrons. The lowest BCUT2D eigenvalue weighted by atomic mass is 9.81. The number of alkyl halides is 2. The summed E-state index contributed by atoms with van der Waals surface area (Å²) in [5.74, 6) is -2.73. The third-order valence-corrected chi connectivity index (χ3v) is 6.37. The van der Waals surface area contributed by atoms with Crippen molar-refractivity contribution >= 4 is 17.2 Å². The molecule has 2 aliphatic carbocycles. The zero-order valence-electron chi connectivity index (χ0n) is 15.2. The lowest BCUT2D eigenvalue weighted by Gasteiger charge is -2.33. The fourth-order valence-corrected chi connectivity index (χ4v) is 4.60. The second kappa shape index (κ2) is 7.31. The lowest BCUT2D eigenvalue weighted by molar-refractivity contribution is -0.150. The molecule has 0 spiro atoms. The molecule has 5 nitrogen and oxygen atoms in total. The molecule has 1 fully saturated rings. The van der Waals surface area contributed by atoms with Crippen molar-refractivity contribution in [2.24, 2.45) is 5.92 Å². The summed E-state index contributed by atoms with van der Waals surface area (Å²) < 4.78 is 31.2. The van der Waals surface area contributed by atoms with Crippen molar-refractivity contribution in [3.05, 3.63) is 38.9 Å². The maximum Gasteiger partial charge on any atom is 0.249 e. The molecule has 1 amide bonds. The largest absolute Gasteiger partial charge is 0.361 e. The number of fused-ring (bicyclic) bond motifs is 1. The summed E-state index contributed by atoms with van der Waals surface area (Å²) in [4.78, 5) is 14.6. The van der Waals surface area contributed by atoms with E-state index < -0.39 is 11.8 Å². The number of amides is 1. The number of rotatable bonds is 6. The van der Waals surface area contributed by atoms with E-state index in [1.54, 1.807) is 11.3 Å². The molecule has 1 atom stereocenters. The summed E-state index contributed by atoms with van der Waals surface area (Å²) in [5.41, 5.74) is 1.75. The average molecular weight is 395 g/mol. The Hall–Kier alpha value is -1.80. The first kappa shape index (κ1) is 18.6. The van der Waals surface area contributed by atoms with E-state index in [-0.39, 0.29) is 25.3 Å². The maximum atomic E-state index is 12.9. The number of nitrogens with one attached hydrogen (secondary N) is 2. The van der Waals surface area contributed by atoms with Crippen LogP contribution in [0.15, 0.2) is 16.7 Å². The van der Waals surface area contributed by atoms with Gasteiger partial charge in [-0.3, -0.25) is 4.79 Å². The third-order valence-electron chi connectivity index (χ3n) is 5.37. The zero-order chi connectivity index (χ0) is 19.0. The number of carbonyl (C=O) groups is 1. The maximum absolute atomic E-state index is 12.9. The summed E-state index contributed by atoms with van der Waals surface area (Å²) >= 11 is 1.79. The van der Waals surface area contributed by atoms with Crippen LogP contribution in [0.25, 0.3) is 0 Å². The van der Waals surface area contributed by atoms with Crippen molar-refractivity contribution in [3.63, 3.8) is 0 Å². The predicted octanol–water partition coefficient (Wildman–Crippen LogP) is 3.35. The molecule has 2 N–H and O–H groups in total. The van der Waals surface area contributed by atoms with Gasteiger partial charge in [-0.25, -0.2) is 8.78 Å². The molecule has 1 unspecified atom stereocenters. The smallest absolute Gasteiger partial charge is 0.249 e. The molecule has 4 rings (SSSR count). The standard InChI is InChI=1S/C19H23F2N3O2S/c1-11-2-4-14(27-11)9-22-13-3-5-17-15(6-13)16(24-26-17)10-23-18(25)12-7-19(20,21)8-12/h2,4,12-13,22H,3,5-10H2,1H3,(H,23,25). The minimum Gasteiger partial charge on any atom is -0.361 e. The molecule has 2 aliphatic rings. The molecule has 8 heteroatoms. The quantitative estimate of drug-likeness (QED) is 0.787. The Morgan fingerprint density at radius 2 is 2.19 bits per heavy atom. The van der Waals surface area contributed by atoms with E-state index >= 15 is 0 Å². The Morgan fingerprint density at radius 1 is 1.37 bits per heavy atom. The molecule has 0 bridgehead atoms. The minimum absolute atomic E-state index is 0.233. The van der Waals surface area contributed by atoms with E-state index in [1.165, 1.54) is 9.75 Å². The normalized spacial score (nSPS) is 21.5. The monoisotopic (exact) mass is 395 g/mol. The summed E-state index contributed by atoms with van der Waals surface area (Å²) in [6, 6.07) is 4.60. The van der Waals surface area contributed by atoms with E-state index in [0.717, 1.165) is 37.1 Å². The van der Waals surface area contributed by atoms with Gasteiger partial charge in [0.25, 0.3) is 0 Å². The van der Waals surface area contributed by atoms with Gasteiger partial charge in [0.05, 0.1) is 6.54 Å². The van der Waals surface area contributed by atoms with Gasteiger partial charge < -0.3 is 15.2 Å².